The molecule has 1 aromatic heterocycles. The number of rotatable bonds is 1. The van der Waals surface area contributed by atoms with Crippen molar-refractivity contribution in [1.82, 2.24) is 0 Å². The lowest BCUT2D eigenvalue weighted by molar-refractivity contribution is 0.0970. The molecule has 0 atom stereocenters. The van der Waals surface area contributed by atoms with E-state index in [1.165, 1.54) is 6.07 Å². The number of benzene rings is 1. The molecule has 1 aliphatic carbocycles. The van der Waals surface area contributed by atoms with E-state index in [-0.39, 0.29) is 17.1 Å². The van der Waals surface area contributed by atoms with Crippen LogP contribution in [0.25, 0.3) is 11.3 Å². The fraction of sp³-hybridized carbons (Fsp3) is 0. The molecule has 0 aliphatic heterocycles. The smallest absolute Gasteiger partial charge is 0.222 e. The molecule has 0 spiro atoms. The molecule has 0 saturated heterocycles. The normalized spacial score (nSPS) is 13.5. The average molecular weight is 252 g/mol. The number of hydrogen-bond donors (Lipinski definition) is 0. The first-order valence-corrected chi connectivity index (χ1v) is 5.67. The molecule has 0 amide bonds. The third-order valence-corrected chi connectivity index (χ3v) is 2.86. The molecule has 1 heterocycles. The minimum atomic E-state index is -0.497. The zero-order valence-electron chi connectivity index (χ0n) is 9.75. The SMILES string of the molecule is O=C1C=CC(=O)c2c1oc(-c1ccccc1)cc2=O. The van der Waals surface area contributed by atoms with Crippen LogP contribution in [0, 0.1) is 0 Å². The van der Waals surface area contributed by atoms with E-state index in [2.05, 4.69) is 0 Å². The summed E-state index contributed by atoms with van der Waals surface area (Å²) in [5.41, 5.74) is -0.00723. The summed E-state index contributed by atoms with van der Waals surface area (Å²) >= 11 is 0. The molecular formula is C15H8O4. The zero-order chi connectivity index (χ0) is 13.4. The van der Waals surface area contributed by atoms with Crippen LogP contribution in [0.1, 0.15) is 20.9 Å². The Morgan fingerprint density at radius 2 is 1.53 bits per heavy atom. The fourth-order valence-corrected chi connectivity index (χ4v) is 1.96. The van der Waals surface area contributed by atoms with Crippen LogP contribution in [0.2, 0.25) is 0 Å². The molecule has 1 aromatic carbocycles. The zero-order valence-corrected chi connectivity index (χ0v) is 9.75. The second-order valence-corrected chi connectivity index (χ2v) is 4.11. The highest BCUT2D eigenvalue weighted by Gasteiger charge is 2.25. The second kappa shape index (κ2) is 4.17. The molecule has 3 rings (SSSR count). The van der Waals surface area contributed by atoms with Gasteiger partial charge in [-0.05, 0) is 12.2 Å². The van der Waals surface area contributed by atoms with Gasteiger partial charge in [0, 0.05) is 11.6 Å². The van der Waals surface area contributed by atoms with Crippen LogP contribution in [0.5, 0.6) is 0 Å². The van der Waals surface area contributed by atoms with E-state index in [1.54, 1.807) is 24.3 Å². The highest BCUT2D eigenvalue weighted by Crippen LogP contribution is 2.22. The van der Waals surface area contributed by atoms with Crippen LogP contribution in [0.3, 0.4) is 0 Å². The maximum Gasteiger partial charge on any atom is 0.222 e. The van der Waals surface area contributed by atoms with Crippen molar-refractivity contribution in [3.8, 4) is 11.3 Å². The Bertz CT molecular complexity index is 766. The molecule has 19 heavy (non-hydrogen) atoms. The van der Waals surface area contributed by atoms with Crippen molar-refractivity contribution in [2.45, 2.75) is 0 Å². The van der Waals surface area contributed by atoms with Gasteiger partial charge in [0.05, 0.1) is 0 Å². The Kier molecular flexibility index (Phi) is 2.49. The van der Waals surface area contributed by atoms with Gasteiger partial charge in [0.25, 0.3) is 0 Å². The lowest BCUT2D eigenvalue weighted by Crippen LogP contribution is -2.21. The lowest BCUT2D eigenvalue weighted by atomic mass is 10.00. The number of fused-ring (bicyclic) bond motifs is 1. The lowest BCUT2D eigenvalue weighted by Gasteiger charge is -2.09. The van der Waals surface area contributed by atoms with E-state index in [4.69, 9.17) is 4.42 Å². The average Bonchev–Trinajstić information content (AvgIpc) is 2.43. The molecule has 0 radical (unpaired) electrons. The molecule has 2 aromatic rings. The third-order valence-electron chi connectivity index (χ3n) is 2.86. The minimum absolute atomic E-state index is 0.182. The van der Waals surface area contributed by atoms with Gasteiger partial charge in [0.1, 0.15) is 11.3 Å². The number of hydrogen-bond acceptors (Lipinski definition) is 4. The Morgan fingerprint density at radius 3 is 2.26 bits per heavy atom. The highest BCUT2D eigenvalue weighted by molar-refractivity contribution is 6.20. The molecule has 4 nitrogen and oxygen atoms in total. The maximum absolute atomic E-state index is 11.9. The molecule has 0 unspecified atom stereocenters. The molecule has 0 saturated carbocycles. The van der Waals surface area contributed by atoms with Crippen LogP contribution in [0.4, 0.5) is 0 Å². The Balaban J connectivity index is 2.27. The summed E-state index contributed by atoms with van der Waals surface area (Å²) in [5, 5.41) is 0. The Morgan fingerprint density at radius 1 is 0.842 bits per heavy atom. The molecule has 4 heteroatoms. The van der Waals surface area contributed by atoms with Crippen molar-refractivity contribution in [2.75, 3.05) is 0 Å². The van der Waals surface area contributed by atoms with E-state index in [9.17, 15) is 14.4 Å². The van der Waals surface area contributed by atoms with Crippen molar-refractivity contribution in [3.63, 3.8) is 0 Å². The molecule has 0 N–H and O–H groups in total. The van der Waals surface area contributed by atoms with Crippen molar-refractivity contribution in [2.24, 2.45) is 0 Å². The van der Waals surface area contributed by atoms with E-state index < -0.39 is 17.0 Å². The fourth-order valence-electron chi connectivity index (χ4n) is 1.96. The van der Waals surface area contributed by atoms with Gasteiger partial charge >= 0.3 is 0 Å². The van der Waals surface area contributed by atoms with Crippen LogP contribution in [-0.2, 0) is 0 Å². The Hall–Kier alpha value is -2.75. The van der Waals surface area contributed by atoms with E-state index in [0.717, 1.165) is 12.2 Å². The number of allylic oxidation sites excluding steroid dienone is 2. The highest BCUT2D eigenvalue weighted by atomic mass is 16.3. The predicted octanol–water partition coefficient (Wildman–Crippen LogP) is 2.24. The van der Waals surface area contributed by atoms with Crippen molar-refractivity contribution in [1.29, 1.82) is 0 Å². The molecule has 0 bridgehead atoms. The van der Waals surface area contributed by atoms with Crippen LogP contribution >= 0.6 is 0 Å². The van der Waals surface area contributed by atoms with Crippen LogP contribution < -0.4 is 5.43 Å². The summed E-state index contributed by atoms with van der Waals surface area (Å²) in [4.78, 5) is 35.2. The summed E-state index contributed by atoms with van der Waals surface area (Å²) in [6.45, 7) is 0. The van der Waals surface area contributed by atoms with Gasteiger partial charge in [0.2, 0.25) is 5.78 Å². The first kappa shape index (κ1) is 11.3. The van der Waals surface area contributed by atoms with Crippen molar-refractivity contribution >= 4 is 11.6 Å². The van der Waals surface area contributed by atoms with Crippen LogP contribution in [-0.4, -0.2) is 11.6 Å². The van der Waals surface area contributed by atoms with Gasteiger partial charge < -0.3 is 4.42 Å². The summed E-state index contributed by atoms with van der Waals surface area (Å²) in [6.07, 6.45) is 2.20. The maximum atomic E-state index is 11.9. The summed E-state index contributed by atoms with van der Waals surface area (Å²) < 4.78 is 5.43. The topological polar surface area (TPSA) is 64.3 Å². The van der Waals surface area contributed by atoms with Gasteiger partial charge in [0.15, 0.2) is 17.0 Å². The summed E-state index contributed by atoms with van der Waals surface area (Å²) in [5.74, 6) is -0.868. The van der Waals surface area contributed by atoms with Gasteiger partial charge in [-0.1, -0.05) is 30.3 Å². The van der Waals surface area contributed by atoms with Gasteiger partial charge in [-0.25, -0.2) is 0 Å². The first-order valence-electron chi connectivity index (χ1n) is 5.67. The number of carbonyl (C=O) groups is 2. The predicted molar refractivity (Wildman–Crippen MR) is 68.2 cm³/mol. The van der Waals surface area contributed by atoms with Gasteiger partial charge in [-0.2, -0.15) is 0 Å². The number of carbonyl (C=O) groups excluding carboxylic acids is 2. The monoisotopic (exact) mass is 252 g/mol. The van der Waals surface area contributed by atoms with Gasteiger partial charge in [-0.3, -0.25) is 14.4 Å². The quantitative estimate of drug-likeness (QED) is 0.780. The molecule has 92 valence electrons. The van der Waals surface area contributed by atoms with E-state index >= 15 is 0 Å². The Labute approximate surface area is 108 Å². The van der Waals surface area contributed by atoms with Crippen LogP contribution in [0.15, 0.2) is 57.8 Å². The van der Waals surface area contributed by atoms with Crippen molar-refractivity contribution < 1.29 is 14.0 Å². The molecule has 1 aliphatic rings. The van der Waals surface area contributed by atoms with Gasteiger partial charge in [-0.15, -0.1) is 0 Å². The van der Waals surface area contributed by atoms with E-state index in [1.807, 2.05) is 6.07 Å². The summed E-state index contributed by atoms with van der Waals surface area (Å²) in [6, 6.07) is 10.2. The standard InChI is InChI=1S/C15H8O4/c16-10-6-7-11(17)15-14(10)12(18)8-13(19-15)9-4-2-1-3-5-9/h1-8H. The third kappa shape index (κ3) is 1.83. The second-order valence-electron chi connectivity index (χ2n) is 4.11. The largest absolute Gasteiger partial charge is 0.452 e. The molecule has 0 fully saturated rings. The first-order chi connectivity index (χ1) is 9.16. The van der Waals surface area contributed by atoms with E-state index in [0.29, 0.717) is 5.56 Å². The number of ketones is 2. The molecular weight excluding hydrogens is 244 g/mol. The summed E-state index contributed by atoms with van der Waals surface area (Å²) in [7, 11) is 0. The van der Waals surface area contributed by atoms with Crippen molar-refractivity contribution in [3.05, 3.63) is 70.1 Å². The minimum Gasteiger partial charge on any atom is -0.452 e.